The minimum atomic E-state index is -3.61. The van der Waals surface area contributed by atoms with Crippen LogP contribution < -0.4 is 20.3 Å². The molecule has 15 heteroatoms. The summed E-state index contributed by atoms with van der Waals surface area (Å²) in [6.45, 7) is 13.9. The number of likely N-dealkylation sites (tertiary alicyclic amines) is 1. The second kappa shape index (κ2) is 15.7. The van der Waals surface area contributed by atoms with E-state index in [-0.39, 0.29) is 40.8 Å². The van der Waals surface area contributed by atoms with Gasteiger partial charge in [-0.25, -0.2) is 17.9 Å². The third-order valence-electron chi connectivity index (χ3n) is 9.31. The largest absolute Gasteiger partial charge is 0.375 e. The summed E-state index contributed by atoms with van der Waals surface area (Å²) in [5, 5.41) is 20.2. The number of hydrogen-bond acceptors (Lipinski definition) is 8. The fraction of sp³-hybridized carbons (Fsp3) is 0.600. The van der Waals surface area contributed by atoms with E-state index in [2.05, 4.69) is 48.0 Å². The number of sulfonamides is 1. The molecule has 3 unspecified atom stereocenters. The minimum Gasteiger partial charge on any atom is -0.375 e. The molecule has 0 saturated carbocycles. The zero-order valence-corrected chi connectivity index (χ0v) is 31.6. The number of aryl methyl sites for hydroxylation is 1. The standard InChI is InChI=1S/C35H52ClN9O4S/c1-7-14-35(4,5)49-22-23(2)19-38-34(37)39-26-13-16-43(21-26)32-24(3)20-45-31(40-32)18-29(41-45)30-10-8-9-15-44(30)33(46)27-17-25(36)11-12-28(27)42-50(6,47)48/h11-12,17-18,20,23,26,30,42H,7-10,13-16,19,21-22H2,1-6H3,(H3,37,38,39). The van der Waals surface area contributed by atoms with Gasteiger partial charge in [0.05, 0.1) is 41.5 Å². The van der Waals surface area contributed by atoms with Gasteiger partial charge in [-0.2, -0.15) is 5.10 Å². The molecule has 2 saturated heterocycles. The van der Waals surface area contributed by atoms with Crippen LogP contribution in [0.3, 0.4) is 0 Å². The van der Waals surface area contributed by atoms with Crippen molar-refractivity contribution in [3.8, 4) is 0 Å². The van der Waals surface area contributed by atoms with Crippen LogP contribution in [0.1, 0.15) is 93.9 Å². The Morgan fingerprint density at radius 3 is 2.72 bits per heavy atom. The fourth-order valence-corrected chi connectivity index (χ4v) is 7.57. The number of carbonyl (C=O) groups excluding carboxylic acids is 1. The van der Waals surface area contributed by atoms with Gasteiger partial charge in [0.15, 0.2) is 11.6 Å². The van der Waals surface area contributed by atoms with Crippen LogP contribution in [0.15, 0.2) is 30.5 Å². The van der Waals surface area contributed by atoms with E-state index in [0.717, 1.165) is 68.4 Å². The van der Waals surface area contributed by atoms with Gasteiger partial charge in [0.1, 0.15) is 5.82 Å². The summed E-state index contributed by atoms with van der Waals surface area (Å²) in [5.74, 6) is 1.16. The van der Waals surface area contributed by atoms with Crippen molar-refractivity contribution in [2.45, 2.75) is 90.8 Å². The molecule has 2 fully saturated rings. The lowest BCUT2D eigenvalue weighted by Crippen LogP contribution is -2.45. The topological polar surface area (TPSA) is 157 Å². The molecular weight excluding hydrogens is 678 g/mol. The van der Waals surface area contributed by atoms with Crippen LogP contribution in [0.5, 0.6) is 0 Å². The number of carbonyl (C=O) groups is 1. The van der Waals surface area contributed by atoms with E-state index in [9.17, 15) is 13.2 Å². The van der Waals surface area contributed by atoms with Gasteiger partial charge in [-0.15, -0.1) is 0 Å². The molecule has 50 heavy (non-hydrogen) atoms. The van der Waals surface area contributed by atoms with Gasteiger partial charge >= 0.3 is 0 Å². The van der Waals surface area contributed by atoms with Gasteiger partial charge < -0.3 is 25.2 Å². The Hall–Kier alpha value is -3.62. The Labute approximate surface area is 301 Å². The summed E-state index contributed by atoms with van der Waals surface area (Å²) in [6, 6.07) is 6.32. The molecular formula is C35H52ClN9O4S. The Morgan fingerprint density at radius 2 is 1.98 bits per heavy atom. The van der Waals surface area contributed by atoms with E-state index in [1.807, 2.05) is 19.2 Å². The summed E-state index contributed by atoms with van der Waals surface area (Å²) in [5.41, 5.74) is 2.66. The van der Waals surface area contributed by atoms with Gasteiger partial charge in [-0.3, -0.25) is 14.9 Å². The van der Waals surface area contributed by atoms with E-state index in [1.165, 1.54) is 12.1 Å². The first-order valence-corrected chi connectivity index (χ1v) is 19.8. The lowest BCUT2D eigenvalue weighted by atomic mass is 9.98. The van der Waals surface area contributed by atoms with Crippen molar-refractivity contribution >= 4 is 50.6 Å². The van der Waals surface area contributed by atoms with Gasteiger partial charge in [0.2, 0.25) is 10.0 Å². The molecule has 1 amide bonds. The molecule has 13 nitrogen and oxygen atoms in total. The number of halogens is 1. The Bertz CT molecular complexity index is 1800. The highest BCUT2D eigenvalue weighted by atomic mass is 35.5. The van der Waals surface area contributed by atoms with Crippen LogP contribution in [0.2, 0.25) is 5.02 Å². The van der Waals surface area contributed by atoms with Crippen molar-refractivity contribution in [2.75, 3.05) is 48.7 Å². The number of amides is 1. The summed E-state index contributed by atoms with van der Waals surface area (Å²) in [4.78, 5) is 23.0. The predicted octanol–water partition coefficient (Wildman–Crippen LogP) is 5.35. The van der Waals surface area contributed by atoms with Crippen LogP contribution in [-0.4, -0.2) is 90.5 Å². The highest BCUT2D eigenvalue weighted by molar-refractivity contribution is 7.92. The smallest absolute Gasteiger partial charge is 0.256 e. The number of hydrogen-bond donors (Lipinski definition) is 4. The molecule has 1 aromatic carbocycles. The number of guanidine groups is 1. The zero-order chi connectivity index (χ0) is 36.2. The summed E-state index contributed by atoms with van der Waals surface area (Å²) >= 11 is 6.25. The monoisotopic (exact) mass is 729 g/mol. The third kappa shape index (κ3) is 9.58. The molecule has 4 N–H and O–H groups in total. The molecule has 0 bridgehead atoms. The van der Waals surface area contributed by atoms with Gasteiger partial charge in [-0.1, -0.05) is 31.9 Å². The predicted molar refractivity (Wildman–Crippen MR) is 199 cm³/mol. The fourth-order valence-electron chi connectivity index (χ4n) is 6.82. The first-order chi connectivity index (χ1) is 23.6. The molecule has 4 heterocycles. The molecule has 0 spiro atoms. The zero-order valence-electron chi connectivity index (χ0n) is 30.1. The SMILES string of the molecule is CCCC(C)(C)OCC(C)CNC(=N)NC1CCN(c2nc3cc(C4CCCCN4C(=O)c4cc(Cl)ccc4NS(C)(=O)=O)nn3cc2C)C1. The first-order valence-electron chi connectivity index (χ1n) is 17.6. The molecule has 2 aromatic heterocycles. The average molecular weight is 730 g/mol. The Morgan fingerprint density at radius 1 is 1.20 bits per heavy atom. The normalized spacial score (nSPS) is 19.1. The molecule has 2 aliphatic rings. The van der Waals surface area contributed by atoms with Crippen molar-refractivity contribution in [3.05, 3.63) is 52.3 Å². The van der Waals surface area contributed by atoms with E-state index >= 15 is 0 Å². The minimum absolute atomic E-state index is 0.110. The Kier molecular flexibility index (Phi) is 11.8. The average Bonchev–Trinajstić information content (AvgIpc) is 3.69. The number of benzene rings is 1. The lowest BCUT2D eigenvalue weighted by molar-refractivity contribution is -0.0379. The van der Waals surface area contributed by atoms with E-state index in [0.29, 0.717) is 42.9 Å². The van der Waals surface area contributed by atoms with Gasteiger partial charge in [0, 0.05) is 55.1 Å². The van der Waals surface area contributed by atoms with E-state index in [4.69, 9.17) is 31.8 Å². The number of fused-ring (bicyclic) bond motifs is 1. The molecule has 0 aliphatic carbocycles. The second-order valence-corrected chi connectivity index (χ2v) is 16.6. The third-order valence-corrected chi connectivity index (χ3v) is 10.1. The Balaban J connectivity index is 1.24. The molecule has 2 aliphatic heterocycles. The van der Waals surface area contributed by atoms with Crippen LogP contribution in [0.4, 0.5) is 11.5 Å². The quantitative estimate of drug-likeness (QED) is 0.134. The number of aromatic nitrogens is 3. The van der Waals surface area contributed by atoms with E-state index < -0.39 is 10.0 Å². The lowest BCUT2D eigenvalue weighted by Gasteiger charge is -2.35. The maximum absolute atomic E-state index is 14.0. The number of rotatable bonds is 13. The number of anilines is 2. The molecule has 5 rings (SSSR count). The second-order valence-electron chi connectivity index (χ2n) is 14.5. The first kappa shape index (κ1) is 37.6. The number of ether oxygens (including phenoxy) is 1. The van der Waals surface area contributed by atoms with Crippen molar-refractivity contribution in [3.63, 3.8) is 0 Å². The molecule has 274 valence electrons. The highest BCUT2D eigenvalue weighted by Gasteiger charge is 2.33. The maximum atomic E-state index is 14.0. The van der Waals surface area contributed by atoms with Crippen molar-refractivity contribution < 1.29 is 17.9 Å². The van der Waals surface area contributed by atoms with Crippen LogP contribution >= 0.6 is 11.6 Å². The van der Waals surface area contributed by atoms with Crippen molar-refractivity contribution in [2.24, 2.45) is 5.92 Å². The number of nitrogens with zero attached hydrogens (tertiary/aromatic N) is 5. The molecule has 0 radical (unpaired) electrons. The summed E-state index contributed by atoms with van der Waals surface area (Å²) in [6.07, 6.45) is 8.48. The molecule has 3 aromatic rings. The van der Waals surface area contributed by atoms with Crippen LogP contribution in [-0.2, 0) is 14.8 Å². The number of nitrogens with one attached hydrogen (secondary N) is 4. The van der Waals surface area contributed by atoms with Gasteiger partial charge in [0.25, 0.3) is 5.91 Å². The summed E-state index contributed by atoms with van der Waals surface area (Å²) in [7, 11) is -3.61. The molecule has 3 atom stereocenters. The van der Waals surface area contributed by atoms with Crippen LogP contribution in [0.25, 0.3) is 5.65 Å². The van der Waals surface area contributed by atoms with Gasteiger partial charge in [-0.05, 0) is 77.0 Å². The maximum Gasteiger partial charge on any atom is 0.256 e. The number of piperidine rings is 1. The summed E-state index contributed by atoms with van der Waals surface area (Å²) < 4.78 is 34.4. The highest BCUT2D eigenvalue weighted by Crippen LogP contribution is 2.34. The van der Waals surface area contributed by atoms with E-state index in [1.54, 1.807) is 15.5 Å². The van der Waals surface area contributed by atoms with Crippen molar-refractivity contribution in [1.82, 2.24) is 30.1 Å². The van der Waals surface area contributed by atoms with Crippen molar-refractivity contribution in [1.29, 1.82) is 5.41 Å². The van der Waals surface area contributed by atoms with Crippen LogP contribution in [0, 0.1) is 18.3 Å².